The Kier molecular flexibility index (Phi) is 7.21. The van der Waals surface area contributed by atoms with Gasteiger partial charge in [-0.25, -0.2) is 0 Å². The summed E-state index contributed by atoms with van der Waals surface area (Å²) in [7, 11) is -0.751. The molecule has 0 aromatic heterocycles. The molecule has 0 saturated carbocycles. The maximum atomic E-state index is 11.4. The average Bonchev–Trinajstić information content (AvgIpc) is 2.39. The molecular weight excluding hydrogens is 242 g/mol. The first kappa shape index (κ1) is 15.4. The van der Waals surface area contributed by atoms with Crippen LogP contribution in [0.1, 0.15) is 44.7 Å². The zero-order chi connectivity index (χ0) is 13.4. The molecule has 1 aromatic rings. The van der Waals surface area contributed by atoms with Crippen LogP contribution in [0.25, 0.3) is 0 Å². The van der Waals surface area contributed by atoms with Crippen LogP contribution in [0.4, 0.5) is 0 Å². The number of unbranched alkanes of at least 4 members (excludes halogenated alkanes) is 1. The van der Waals surface area contributed by atoms with Crippen molar-refractivity contribution in [2.24, 2.45) is 0 Å². The van der Waals surface area contributed by atoms with Gasteiger partial charge in [-0.2, -0.15) is 0 Å². The number of hydrogen-bond acceptors (Lipinski definition) is 2. The van der Waals surface area contributed by atoms with E-state index in [2.05, 4.69) is 36.5 Å². The van der Waals surface area contributed by atoms with Crippen LogP contribution in [0.2, 0.25) is 0 Å². The van der Waals surface area contributed by atoms with E-state index in [0.29, 0.717) is 6.04 Å². The Morgan fingerprint density at radius 3 is 2.50 bits per heavy atom. The van der Waals surface area contributed by atoms with Crippen molar-refractivity contribution in [1.29, 1.82) is 0 Å². The highest BCUT2D eigenvalue weighted by atomic mass is 32.2. The minimum atomic E-state index is -0.751. The third-order valence-corrected chi connectivity index (χ3v) is 4.57. The van der Waals surface area contributed by atoms with Crippen LogP contribution in [-0.2, 0) is 10.8 Å². The molecule has 0 radical (unpaired) electrons. The zero-order valence-corrected chi connectivity index (χ0v) is 12.5. The van der Waals surface area contributed by atoms with Gasteiger partial charge in [0.2, 0.25) is 0 Å². The quantitative estimate of drug-likeness (QED) is 0.783. The summed E-state index contributed by atoms with van der Waals surface area (Å²) in [5, 5.41) is 3.77. The van der Waals surface area contributed by atoms with Gasteiger partial charge in [0, 0.05) is 34.9 Å². The van der Waals surface area contributed by atoms with Crippen molar-refractivity contribution in [2.75, 3.05) is 12.8 Å². The molecule has 0 bridgehead atoms. The standard InChI is InChI=1S/C15H25NOS/c1-4-5-11-15(14-9-7-6-8-10-14)16-12-13(2)18(3)17/h6-10,13,15-16H,4-5,11-12H2,1-3H3. The first-order valence-electron chi connectivity index (χ1n) is 6.75. The second-order valence-corrected chi connectivity index (χ2v) is 6.62. The topological polar surface area (TPSA) is 29.1 Å². The van der Waals surface area contributed by atoms with Crippen LogP contribution in [0.3, 0.4) is 0 Å². The van der Waals surface area contributed by atoms with E-state index in [0.717, 1.165) is 13.0 Å². The number of nitrogens with one attached hydrogen (secondary N) is 1. The summed E-state index contributed by atoms with van der Waals surface area (Å²) in [6, 6.07) is 10.9. The van der Waals surface area contributed by atoms with E-state index in [1.165, 1.54) is 18.4 Å². The van der Waals surface area contributed by atoms with Crippen LogP contribution >= 0.6 is 0 Å². The summed E-state index contributed by atoms with van der Waals surface area (Å²) in [5.74, 6) is 0. The van der Waals surface area contributed by atoms with E-state index in [1.54, 1.807) is 6.26 Å². The van der Waals surface area contributed by atoms with Crippen LogP contribution in [0.5, 0.6) is 0 Å². The highest BCUT2D eigenvalue weighted by Gasteiger charge is 2.13. The van der Waals surface area contributed by atoms with E-state index < -0.39 is 10.8 Å². The first-order valence-corrected chi connectivity index (χ1v) is 8.37. The SMILES string of the molecule is CCCCC(NCC(C)S(C)=O)c1ccccc1. The van der Waals surface area contributed by atoms with Gasteiger partial charge < -0.3 is 5.32 Å². The van der Waals surface area contributed by atoms with Gasteiger partial charge in [-0.1, -0.05) is 50.1 Å². The van der Waals surface area contributed by atoms with E-state index in [1.807, 2.05) is 13.0 Å². The fourth-order valence-electron chi connectivity index (χ4n) is 1.91. The van der Waals surface area contributed by atoms with Gasteiger partial charge in [0.15, 0.2) is 0 Å². The van der Waals surface area contributed by atoms with E-state index in [-0.39, 0.29) is 5.25 Å². The van der Waals surface area contributed by atoms with E-state index in [9.17, 15) is 4.21 Å². The first-order chi connectivity index (χ1) is 8.65. The molecule has 0 fully saturated rings. The Labute approximate surface area is 114 Å². The van der Waals surface area contributed by atoms with Gasteiger partial charge in [0.1, 0.15) is 0 Å². The minimum absolute atomic E-state index is 0.206. The van der Waals surface area contributed by atoms with Gasteiger partial charge in [-0.05, 0) is 18.9 Å². The highest BCUT2D eigenvalue weighted by Crippen LogP contribution is 2.19. The van der Waals surface area contributed by atoms with Crippen molar-refractivity contribution in [2.45, 2.75) is 44.4 Å². The van der Waals surface area contributed by atoms with E-state index >= 15 is 0 Å². The van der Waals surface area contributed by atoms with Gasteiger partial charge in [-0.15, -0.1) is 0 Å². The summed E-state index contributed by atoms with van der Waals surface area (Å²) in [6.07, 6.45) is 5.34. The highest BCUT2D eigenvalue weighted by molar-refractivity contribution is 7.84. The Morgan fingerprint density at radius 2 is 1.94 bits per heavy atom. The summed E-state index contributed by atoms with van der Waals surface area (Å²) >= 11 is 0. The normalized spacial score (nSPS) is 16.2. The monoisotopic (exact) mass is 267 g/mol. The molecule has 3 heteroatoms. The molecule has 0 aliphatic carbocycles. The van der Waals surface area contributed by atoms with Crippen molar-refractivity contribution < 1.29 is 4.21 Å². The van der Waals surface area contributed by atoms with Gasteiger partial charge in [-0.3, -0.25) is 4.21 Å². The maximum absolute atomic E-state index is 11.4. The Bertz CT molecular complexity index is 353. The second kappa shape index (κ2) is 8.44. The van der Waals surface area contributed by atoms with E-state index in [4.69, 9.17) is 0 Å². The van der Waals surface area contributed by atoms with Crippen molar-refractivity contribution in [3.8, 4) is 0 Å². The van der Waals surface area contributed by atoms with Crippen LogP contribution in [-0.4, -0.2) is 22.3 Å². The lowest BCUT2D eigenvalue weighted by Crippen LogP contribution is -2.31. The summed E-state index contributed by atoms with van der Waals surface area (Å²) in [5.41, 5.74) is 1.33. The zero-order valence-electron chi connectivity index (χ0n) is 11.7. The molecule has 0 aliphatic heterocycles. The number of hydrogen-bond donors (Lipinski definition) is 1. The predicted molar refractivity (Wildman–Crippen MR) is 80.2 cm³/mol. The smallest absolute Gasteiger partial charge is 0.0441 e. The minimum Gasteiger partial charge on any atom is -0.309 e. The lowest BCUT2D eigenvalue weighted by atomic mass is 10.0. The fraction of sp³-hybridized carbons (Fsp3) is 0.600. The molecule has 3 unspecified atom stereocenters. The molecule has 1 N–H and O–H groups in total. The number of benzene rings is 1. The lowest BCUT2D eigenvalue weighted by molar-refractivity contribution is 0.482. The van der Waals surface area contributed by atoms with Crippen molar-refractivity contribution >= 4 is 10.8 Å². The third kappa shape index (κ3) is 5.32. The van der Waals surface area contributed by atoms with Crippen molar-refractivity contribution in [3.05, 3.63) is 35.9 Å². The molecule has 0 saturated heterocycles. The molecule has 0 aliphatic rings. The molecule has 0 amide bonds. The Hall–Kier alpha value is -0.670. The Morgan fingerprint density at radius 1 is 1.28 bits per heavy atom. The van der Waals surface area contributed by atoms with Gasteiger partial charge in [0.05, 0.1) is 0 Å². The summed E-state index contributed by atoms with van der Waals surface area (Å²) in [6.45, 7) is 5.06. The third-order valence-electron chi connectivity index (χ3n) is 3.27. The summed E-state index contributed by atoms with van der Waals surface area (Å²) < 4.78 is 11.4. The molecule has 1 aromatic carbocycles. The van der Waals surface area contributed by atoms with Gasteiger partial charge in [0.25, 0.3) is 0 Å². The van der Waals surface area contributed by atoms with Crippen LogP contribution in [0.15, 0.2) is 30.3 Å². The molecule has 102 valence electrons. The van der Waals surface area contributed by atoms with Gasteiger partial charge >= 0.3 is 0 Å². The fourth-order valence-corrected chi connectivity index (χ4v) is 2.24. The molecule has 1 rings (SSSR count). The largest absolute Gasteiger partial charge is 0.309 e. The predicted octanol–water partition coefficient (Wildman–Crippen LogP) is 3.27. The van der Waals surface area contributed by atoms with Crippen molar-refractivity contribution in [3.63, 3.8) is 0 Å². The maximum Gasteiger partial charge on any atom is 0.0441 e. The molecule has 18 heavy (non-hydrogen) atoms. The molecule has 0 spiro atoms. The average molecular weight is 267 g/mol. The van der Waals surface area contributed by atoms with Crippen LogP contribution < -0.4 is 5.32 Å². The second-order valence-electron chi connectivity index (χ2n) is 4.82. The van der Waals surface area contributed by atoms with Crippen LogP contribution in [0, 0.1) is 0 Å². The molecule has 0 heterocycles. The molecule has 2 nitrogen and oxygen atoms in total. The molecule has 3 atom stereocenters. The number of rotatable bonds is 8. The van der Waals surface area contributed by atoms with Crippen molar-refractivity contribution in [1.82, 2.24) is 5.32 Å². The summed E-state index contributed by atoms with van der Waals surface area (Å²) in [4.78, 5) is 0. The molecular formula is C15H25NOS. The lowest BCUT2D eigenvalue weighted by Gasteiger charge is -2.21. The Balaban J connectivity index is 2.59.